The lowest BCUT2D eigenvalue weighted by Crippen LogP contribution is -2.57. The molecule has 0 aromatic heterocycles. The summed E-state index contributed by atoms with van der Waals surface area (Å²) in [4.78, 5) is 25.2. The second kappa shape index (κ2) is 14.7. The number of carbonyl (C=O) groups is 2. The molecular formula is C28H30N4O4S2. The van der Waals surface area contributed by atoms with Crippen LogP contribution in [0.5, 0.6) is 0 Å². The second-order valence-electron chi connectivity index (χ2n) is 8.13. The molecule has 2 amide bonds. The molecule has 0 aliphatic heterocycles. The Bertz CT molecular complexity index is 1350. The lowest BCUT2D eigenvalue weighted by molar-refractivity contribution is -0.138. The number of aliphatic hydroxyl groups is 1. The van der Waals surface area contributed by atoms with Crippen LogP contribution in [0.15, 0.2) is 72.8 Å². The maximum Gasteiger partial charge on any atom is 0.269 e. The van der Waals surface area contributed by atoms with Crippen LogP contribution in [-0.4, -0.2) is 28.2 Å². The Morgan fingerprint density at radius 2 is 1.39 bits per heavy atom. The Morgan fingerprint density at radius 1 is 0.895 bits per heavy atom. The van der Waals surface area contributed by atoms with Crippen LogP contribution < -0.4 is 22.3 Å². The average Bonchev–Trinajstić information content (AvgIpc) is 2.90. The fourth-order valence-corrected chi connectivity index (χ4v) is 3.36. The van der Waals surface area contributed by atoms with Crippen LogP contribution in [0.2, 0.25) is 0 Å². The van der Waals surface area contributed by atoms with Gasteiger partial charge < -0.3 is 21.9 Å². The zero-order valence-electron chi connectivity index (χ0n) is 20.6. The van der Waals surface area contributed by atoms with Gasteiger partial charge in [0, 0.05) is 28.9 Å². The summed E-state index contributed by atoms with van der Waals surface area (Å²) in [5.74, 6) is 9.71. The van der Waals surface area contributed by atoms with Crippen molar-refractivity contribution in [2.75, 3.05) is 5.73 Å². The quantitative estimate of drug-likeness (QED) is 0.119. The summed E-state index contributed by atoms with van der Waals surface area (Å²) >= 11 is 0. The van der Waals surface area contributed by atoms with Crippen molar-refractivity contribution in [3.05, 3.63) is 101 Å². The third-order valence-corrected chi connectivity index (χ3v) is 5.52. The van der Waals surface area contributed by atoms with E-state index in [1.165, 1.54) is 24.5 Å². The summed E-state index contributed by atoms with van der Waals surface area (Å²) in [6.45, 7) is 1.68. The van der Waals surface area contributed by atoms with E-state index < -0.39 is 23.5 Å². The highest BCUT2D eigenvalue weighted by Gasteiger charge is 2.40. The fourth-order valence-electron chi connectivity index (χ4n) is 3.36. The molecule has 0 spiro atoms. The van der Waals surface area contributed by atoms with E-state index >= 15 is 0 Å². The molecule has 2 atom stereocenters. The van der Waals surface area contributed by atoms with E-state index in [0.717, 1.165) is 11.1 Å². The summed E-state index contributed by atoms with van der Waals surface area (Å²) in [7, 11) is 0. The molecule has 10 heteroatoms. The first-order chi connectivity index (χ1) is 17.2. The van der Waals surface area contributed by atoms with Crippen molar-refractivity contribution in [2.45, 2.75) is 25.1 Å². The second-order valence-corrected chi connectivity index (χ2v) is 8.13. The number of hydroxylamine groups is 1. The monoisotopic (exact) mass is 550 g/mol. The molecule has 8 N–H and O–H groups in total. The molecule has 198 valence electrons. The smallest absolute Gasteiger partial charge is 0.269 e. The van der Waals surface area contributed by atoms with Crippen molar-refractivity contribution in [1.29, 1.82) is 0 Å². The van der Waals surface area contributed by atoms with Crippen LogP contribution >= 0.6 is 27.0 Å². The highest BCUT2D eigenvalue weighted by Crippen LogP contribution is 2.26. The van der Waals surface area contributed by atoms with Crippen LogP contribution in [-0.2, 0) is 16.9 Å². The van der Waals surface area contributed by atoms with Gasteiger partial charge in [-0.15, -0.1) is 0 Å². The molecule has 0 radical (unpaired) electrons. The van der Waals surface area contributed by atoms with Gasteiger partial charge in [-0.2, -0.15) is 27.0 Å². The first kappa shape index (κ1) is 32.1. The molecule has 3 rings (SSSR count). The maximum absolute atomic E-state index is 12.8. The zero-order valence-corrected chi connectivity index (χ0v) is 22.6. The minimum absolute atomic E-state index is 0. The van der Waals surface area contributed by atoms with Crippen molar-refractivity contribution < 1.29 is 19.9 Å². The number of benzene rings is 3. The number of nitrogens with one attached hydrogen (secondary N) is 2. The summed E-state index contributed by atoms with van der Waals surface area (Å²) in [6.07, 6.45) is 0. The fraction of sp³-hybridized carbons (Fsp3) is 0.143. The molecule has 0 unspecified atom stereocenters. The molecule has 38 heavy (non-hydrogen) atoms. The highest BCUT2D eigenvalue weighted by atomic mass is 32.1. The van der Waals surface area contributed by atoms with Gasteiger partial charge in [-0.3, -0.25) is 14.8 Å². The summed E-state index contributed by atoms with van der Waals surface area (Å²) < 4.78 is 0. The molecule has 0 saturated carbocycles. The molecule has 0 saturated heterocycles. The summed E-state index contributed by atoms with van der Waals surface area (Å²) in [5.41, 5.74) is 14.4. The van der Waals surface area contributed by atoms with Crippen molar-refractivity contribution in [2.24, 2.45) is 5.73 Å². The van der Waals surface area contributed by atoms with Crippen LogP contribution in [0.3, 0.4) is 0 Å². The molecule has 0 heterocycles. The molecular weight excluding hydrogens is 520 g/mol. The molecule has 0 fully saturated rings. The lowest BCUT2D eigenvalue weighted by Gasteiger charge is -2.32. The van der Waals surface area contributed by atoms with Crippen molar-refractivity contribution in [1.82, 2.24) is 10.8 Å². The Balaban J connectivity index is 0.00000361. The van der Waals surface area contributed by atoms with Crippen LogP contribution in [0.25, 0.3) is 0 Å². The van der Waals surface area contributed by atoms with E-state index in [9.17, 15) is 19.9 Å². The Kier molecular flexibility index (Phi) is 12.5. The topological polar surface area (TPSA) is 151 Å². The minimum Gasteiger partial charge on any atom is -0.399 e. The first-order valence-corrected chi connectivity index (χ1v) is 11.0. The number of carbonyl (C=O) groups excluding carboxylic acids is 2. The summed E-state index contributed by atoms with van der Waals surface area (Å²) in [5, 5.41) is 22.8. The SMILES string of the molecule is C[C@@](O)(c1ccc(CN)cc1)[C@H](NC(=O)c1ccc(C#CC#Cc2ccc(N)cc2)cc1)C(=O)NO.S.S. The third kappa shape index (κ3) is 8.32. The average molecular weight is 551 g/mol. The van der Waals surface area contributed by atoms with Gasteiger partial charge in [0.15, 0.2) is 0 Å². The standard InChI is InChI=1S/C28H26N4O4.2H2S/c1-28(35,23-14-8-21(18-29)9-15-23)25(27(34)32-36)31-26(33)22-12-6-19(7-13-22)4-2-3-5-20-10-16-24(30)17-11-20;;/h6-17,25,35-36H,18,29-30H2,1H3,(H,31,33)(H,32,34);2*1H2/t25-,28-;;/m1../s1. The molecule has 3 aromatic carbocycles. The van der Waals surface area contributed by atoms with Crippen molar-refractivity contribution in [3.63, 3.8) is 0 Å². The number of hydrogen-bond acceptors (Lipinski definition) is 6. The number of anilines is 1. The van der Waals surface area contributed by atoms with E-state index in [0.29, 0.717) is 23.4 Å². The number of amides is 2. The van der Waals surface area contributed by atoms with E-state index in [4.69, 9.17) is 11.5 Å². The van der Waals surface area contributed by atoms with Crippen LogP contribution in [0.4, 0.5) is 5.69 Å². The number of nitrogens with two attached hydrogens (primary N) is 2. The highest BCUT2D eigenvalue weighted by molar-refractivity contribution is 7.59. The van der Waals surface area contributed by atoms with Crippen molar-refractivity contribution in [3.8, 4) is 23.7 Å². The molecule has 0 aliphatic rings. The third-order valence-electron chi connectivity index (χ3n) is 5.52. The minimum atomic E-state index is -1.83. The van der Waals surface area contributed by atoms with Gasteiger partial charge in [0.25, 0.3) is 11.8 Å². The molecule has 3 aromatic rings. The van der Waals surface area contributed by atoms with Gasteiger partial charge in [-0.25, -0.2) is 5.48 Å². The Labute approximate surface area is 235 Å². The number of hydrogen-bond donors (Lipinski definition) is 6. The van der Waals surface area contributed by atoms with Gasteiger partial charge >= 0.3 is 0 Å². The van der Waals surface area contributed by atoms with Crippen molar-refractivity contribution >= 4 is 44.5 Å². The summed E-state index contributed by atoms with van der Waals surface area (Å²) in [6, 6.07) is 18.6. The molecule has 0 bridgehead atoms. The molecule has 0 aliphatic carbocycles. The van der Waals surface area contributed by atoms with E-state index in [1.54, 1.807) is 60.7 Å². The number of rotatable bonds is 6. The Morgan fingerprint density at radius 3 is 1.87 bits per heavy atom. The van der Waals surface area contributed by atoms with Gasteiger partial charge in [-0.05, 0) is 78.4 Å². The van der Waals surface area contributed by atoms with Gasteiger partial charge in [-0.1, -0.05) is 36.1 Å². The van der Waals surface area contributed by atoms with E-state index in [-0.39, 0.29) is 32.6 Å². The van der Waals surface area contributed by atoms with Crippen LogP contribution in [0, 0.1) is 23.7 Å². The molecule has 8 nitrogen and oxygen atoms in total. The normalized spacial score (nSPS) is 11.9. The first-order valence-electron chi connectivity index (χ1n) is 11.0. The maximum atomic E-state index is 12.8. The Hall–Kier alpha value is -3.90. The van der Waals surface area contributed by atoms with Gasteiger partial charge in [0.1, 0.15) is 11.6 Å². The zero-order chi connectivity index (χ0) is 26.1. The van der Waals surface area contributed by atoms with Gasteiger partial charge in [0.2, 0.25) is 0 Å². The van der Waals surface area contributed by atoms with Gasteiger partial charge in [0.05, 0.1) is 0 Å². The lowest BCUT2D eigenvalue weighted by atomic mass is 9.87. The van der Waals surface area contributed by atoms with E-state index in [1.807, 2.05) is 0 Å². The predicted molar refractivity (Wildman–Crippen MR) is 157 cm³/mol. The predicted octanol–water partition coefficient (Wildman–Crippen LogP) is 1.87. The number of nitrogen functional groups attached to an aromatic ring is 1. The van der Waals surface area contributed by atoms with Crippen LogP contribution in [0.1, 0.15) is 39.5 Å². The van der Waals surface area contributed by atoms with E-state index in [2.05, 4.69) is 29.0 Å². The largest absolute Gasteiger partial charge is 0.399 e.